The Morgan fingerprint density at radius 3 is 2.57 bits per heavy atom. The first-order chi connectivity index (χ1) is 10.1. The van der Waals surface area contributed by atoms with Crippen LogP contribution in [-0.2, 0) is 19.3 Å². The number of hydrogen-bond acceptors (Lipinski definition) is 2. The van der Waals surface area contributed by atoms with Crippen LogP contribution < -0.4 is 0 Å². The van der Waals surface area contributed by atoms with E-state index in [1.54, 1.807) is 0 Å². The van der Waals surface area contributed by atoms with E-state index in [2.05, 4.69) is 38.1 Å². The monoisotopic (exact) mass is 300 g/mol. The molecule has 1 aliphatic rings. The third-order valence-electron chi connectivity index (χ3n) is 4.64. The minimum atomic E-state index is -0.360. The lowest BCUT2D eigenvalue weighted by Crippen LogP contribution is -2.03. The van der Waals surface area contributed by atoms with Gasteiger partial charge in [0.15, 0.2) is 0 Å². The molecule has 3 rings (SSSR count). The molecule has 0 amide bonds. The smallest absolute Gasteiger partial charge is 0.0922 e. The fourth-order valence-electron chi connectivity index (χ4n) is 3.32. The van der Waals surface area contributed by atoms with Crippen molar-refractivity contribution in [3.63, 3.8) is 0 Å². The average Bonchev–Trinajstić information content (AvgIpc) is 2.74. The number of aliphatic hydroxyl groups excluding tert-OH is 1. The van der Waals surface area contributed by atoms with Crippen molar-refractivity contribution >= 4 is 11.3 Å². The molecule has 0 aliphatic heterocycles. The Hall–Kier alpha value is -1.12. The lowest BCUT2D eigenvalue weighted by Gasteiger charge is -2.13. The van der Waals surface area contributed by atoms with Gasteiger partial charge in [-0.1, -0.05) is 24.6 Å². The first-order valence-electron chi connectivity index (χ1n) is 8.00. The van der Waals surface area contributed by atoms with E-state index in [1.165, 1.54) is 59.2 Å². The predicted molar refractivity (Wildman–Crippen MR) is 90.2 cm³/mol. The van der Waals surface area contributed by atoms with Gasteiger partial charge < -0.3 is 5.11 Å². The van der Waals surface area contributed by atoms with Crippen LogP contribution in [0.15, 0.2) is 24.3 Å². The molecule has 0 fully saturated rings. The standard InChI is InChI=1S/C19H24OS/c1-13-7-6-8-14(2)16(13)12-17(20)19-11-15-9-4-3-5-10-18(15)21-19/h6-8,11,17,20H,3-5,9-10,12H2,1-2H3. The van der Waals surface area contributed by atoms with E-state index in [9.17, 15) is 5.11 Å². The van der Waals surface area contributed by atoms with E-state index in [1.807, 2.05) is 11.3 Å². The molecule has 1 N–H and O–H groups in total. The van der Waals surface area contributed by atoms with Gasteiger partial charge in [0.1, 0.15) is 0 Å². The molecule has 1 aliphatic carbocycles. The summed E-state index contributed by atoms with van der Waals surface area (Å²) in [4.78, 5) is 2.67. The van der Waals surface area contributed by atoms with Crippen LogP contribution in [0.1, 0.15) is 57.4 Å². The molecule has 112 valence electrons. The van der Waals surface area contributed by atoms with Crippen LogP contribution in [0.25, 0.3) is 0 Å². The van der Waals surface area contributed by atoms with Gasteiger partial charge in [-0.15, -0.1) is 11.3 Å². The van der Waals surface area contributed by atoms with E-state index in [4.69, 9.17) is 0 Å². The van der Waals surface area contributed by atoms with Gasteiger partial charge in [-0.3, -0.25) is 0 Å². The van der Waals surface area contributed by atoms with Gasteiger partial charge in [0.05, 0.1) is 6.10 Å². The van der Waals surface area contributed by atoms with Gasteiger partial charge in [-0.05, 0) is 67.9 Å². The Morgan fingerprint density at radius 2 is 1.81 bits per heavy atom. The van der Waals surface area contributed by atoms with E-state index < -0.39 is 0 Å². The van der Waals surface area contributed by atoms with Gasteiger partial charge in [0.2, 0.25) is 0 Å². The maximum atomic E-state index is 10.7. The first kappa shape index (κ1) is 14.8. The van der Waals surface area contributed by atoms with Crippen LogP contribution in [0.3, 0.4) is 0 Å². The second-order valence-electron chi connectivity index (χ2n) is 6.25. The normalized spacial score (nSPS) is 16.3. The van der Waals surface area contributed by atoms with Crippen molar-refractivity contribution in [2.45, 2.75) is 58.5 Å². The highest BCUT2D eigenvalue weighted by atomic mass is 32.1. The van der Waals surface area contributed by atoms with Gasteiger partial charge in [0, 0.05) is 16.2 Å². The van der Waals surface area contributed by atoms with E-state index in [-0.39, 0.29) is 6.10 Å². The molecule has 21 heavy (non-hydrogen) atoms. The van der Waals surface area contributed by atoms with Crippen LogP contribution in [0.4, 0.5) is 0 Å². The Balaban J connectivity index is 1.81. The number of hydrogen-bond donors (Lipinski definition) is 1. The van der Waals surface area contributed by atoms with Crippen molar-refractivity contribution in [3.8, 4) is 0 Å². The zero-order valence-electron chi connectivity index (χ0n) is 13.0. The van der Waals surface area contributed by atoms with Gasteiger partial charge >= 0.3 is 0 Å². The Kier molecular flexibility index (Phi) is 4.46. The Morgan fingerprint density at radius 1 is 1.10 bits per heavy atom. The molecule has 1 aromatic carbocycles. The minimum Gasteiger partial charge on any atom is -0.387 e. The number of fused-ring (bicyclic) bond motifs is 1. The molecular formula is C19H24OS. The van der Waals surface area contributed by atoms with Crippen LogP contribution in [0.5, 0.6) is 0 Å². The predicted octanol–water partition coefficient (Wildman–Crippen LogP) is 4.91. The second-order valence-corrected chi connectivity index (χ2v) is 7.42. The highest BCUT2D eigenvalue weighted by Gasteiger charge is 2.18. The maximum absolute atomic E-state index is 10.7. The summed E-state index contributed by atoms with van der Waals surface area (Å²) in [6.07, 6.45) is 6.73. The average molecular weight is 300 g/mol. The van der Waals surface area contributed by atoms with Crippen LogP contribution in [-0.4, -0.2) is 5.11 Å². The van der Waals surface area contributed by atoms with Crippen LogP contribution in [0, 0.1) is 13.8 Å². The largest absolute Gasteiger partial charge is 0.387 e. The maximum Gasteiger partial charge on any atom is 0.0922 e. The van der Waals surface area contributed by atoms with Crippen LogP contribution >= 0.6 is 11.3 Å². The fourth-order valence-corrected chi connectivity index (χ4v) is 4.56. The molecule has 0 radical (unpaired) electrons. The van der Waals surface area contributed by atoms with Crippen molar-refractivity contribution in [1.29, 1.82) is 0 Å². The molecule has 2 heteroatoms. The fraction of sp³-hybridized carbons (Fsp3) is 0.474. The summed E-state index contributed by atoms with van der Waals surface area (Å²) in [5.74, 6) is 0. The molecule has 1 atom stereocenters. The minimum absolute atomic E-state index is 0.360. The van der Waals surface area contributed by atoms with Crippen molar-refractivity contribution in [2.75, 3.05) is 0 Å². The zero-order chi connectivity index (χ0) is 14.8. The number of benzene rings is 1. The van der Waals surface area contributed by atoms with Crippen molar-refractivity contribution in [3.05, 3.63) is 56.3 Å². The summed E-state index contributed by atoms with van der Waals surface area (Å²) in [5, 5.41) is 10.7. The number of thiophene rings is 1. The van der Waals surface area contributed by atoms with Crippen molar-refractivity contribution in [1.82, 2.24) is 0 Å². The first-order valence-corrected chi connectivity index (χ1v) is 8.81. The molecule has 0 spiro atoms. The molecule has 1 heterocycles. The molecule has 1 nitrogen and oxygen atoms in total. The van der Waals surface area contributed by atoms with E-state index in [0.717, 1.165) is 11.3 Å². The quantitative estimate of drug-likeness (QED) is 0.799. The topological polar surface area (TPSA) is 20.2 Å². The molecule has 2 aromatic rings. The third-order valence-corrected chi connectivity index (χ3v) is 5.97. The highest BCUT2D eigenvalue weighted by molar-refractivity contribution is 7.12. The lowest BCUT2D eigenvalue weighted by molar-refractivity contribution is 0.182. The molecule has 0 saturated heterocycles. The second kappa shape index (κ2) is 6.33. The summed E-state index contributed by atoms with van der Waals surface area (Å²) in [5.41, 5.74) is 5.36. The van der Waals surface area contributed by atoms with Gasteiger partial charge in [0.25, 0.3) is 0 Å². The molecule has 1 unspecified atom stereocenters. The summed E-state index contributed by atoms with van der Waals surface area (Å²) in [6, 6.07) is 8.63. The molecular weight excluding hydrogens is 276 g/mol. The summed E-state index contributed by atoms with van der Waals surface area (Å²) >= 11 is 1.84. The van der Waals surface area contributed by atoms with E-state index in [0.29, 0.717) is 0 Å². The van der Waals surface area contributed by atoms with Gasteiger partial charge in [-0.25, -0.2) is 0 Å². The highest BCUT2D eigenvalue weighted by Crippen LogP contribution is 2.34. The summed E-state index contributed by atoms with van der Waals surface area (Å²) < 4.78 is 0. The number of aliphatic hydroxyl groups is 1. The molecule has 0 bridgehead atoms. The van der Waals surface area contributed by atoms with Crippen LogP contribution in [0.2, 0.25) is 0 Å². The Bertz CT molecular complexity index is 583. The molecule has 0 saturated carbocycles. The SMILES string of the molecule is Cc1cccc(C)c1CC(O)c1cc2c(s1)CCCCC2. The summed E-state index contributed by atoms with van der Waals surface area (Å²) in [6.45, 7) is 4.28. The van der Waals surface area contributed by atoms with E-state index >= 15 is 0 Å². The van der Waals surface area contributed by atoms with Gasteiger partial charge in [-0.2, -0.15) is 0 Å². The molecule has 1 aromatic heterocycles. The number of aryl methyl sites for hydroxylation is 4. The Labute approximate surface area is 131 Å². The summed E-state index contributed by atoms with van der Waals surface area (Å²) in [7, 11) is 0. The van der Waals surface area contributed by atoms with Crippen molar-refractivity contribution in [2.24, 2.45) is 0 Å². The number of rotatable bonds is 3. The zero-order valence-corrected chi connectivity index (χ0v) is 13.8. The van der Waals surface area contributed by atoms with Crippen molar-refractivity contribution < 1.29 is 5.11 Å². The lowest BCUT2D eigenvalue weighted by atomic mass is 9.97. The third kappa shape index (κ3) is 3.22.